The Morgan fingerprint density at radius 3 is 2.29 bits per heavy atom. The first-order valence-corrected chi connectivity index (χ1v) is 11.2. The summed E-state index contributed by atoms with van der Waals surface area (Å²) in [4.78, 5) is 12.4. The minimum atomic E-state index is -3.94. The van der Waals surface area contributed by atoms with Gasteiger partial charge in [-0.15, -0.1) is 0 Å². The topological polar surface area (TPSA) is 66.5 Å². The Labute approximate surface area is 180 Å². The average molecular weight is 464 g/mol. The molecule has 2 rings (SSSR count). The van der Waals surface area contributed by atoms with Crippen molar-refractivity contribution in [3.05, 3.63) is 63.1 Å². The lowest BCUT2D eigenvalue weighted by atomic mass is 10.2. The molecule has 152 valence electrons. The van der Waals surface area contributed by atoms with Crippen LogP contribution in [0, 0.1) is 0 Å². The van der Waals surface area contributed by atoms with Crippen LogP contribution in [0.4, 0.5) is 0 Å². The van der Waals surface area contributed by atoms with Crippen LogP contribution in [0.25, 0.3) is 0 Å². The predicted octanol–water partition coefficient (Wildman–Crippen LogP) is 4.75. The molecule has 1 N–H and O–H groups in total. The van der Waals surface area contributed by atoms with Gasteiger partial charge in [-0.1, -0.05) is 47.8 Å². The molecule has 2 aromatic rings. The Balaban J connectivity index is 2.35. The summed E-state index contributed by atoms with van der Waals surface area (Å²) in [7, 11) is -3.94. The number of carbonyl (C=O) groups is 1. The Bertz CT molecular complexity index is 934. The standard InChI is InChI=1S/C19H21Cl3N2O3S/c1-3-13(2)23-19(25)12-24(11-14-4-9-17(21)18(22)10-14)28(26,27)16-7-5-15(20)6-8-16/h4-10,13H,3,11-12H2,1-2H3,(H,23,25)/t13-/m0/s1. The number of amides is 1. The molecule has 0 aliphatic carbocycles. The van der Waals surface area contributed by atoms with Crippen molar-refractivity contribution in [1.29, 1.82) is 0 Å². The van der Waals surface area contributed by atoms with Crippen LogP contribution >= 0.6 is 34.8 Å². The fourth-order valence-electron chi connectivity index (χ4n) is 2.41. The van der Waals surface area contributed by atoms with Crippen LogP contribution in [0.2, 0.25) is 15.1 Å². The molecule has 1 amide bonds. The van der Waals surface area contributed by atoms with Crippen molar-refractivity contribution in [3.63, 3.8) is 0 Å². The van der Waals surface area contributed by atoms with Gasteiger partial charge in [0.25, 0.3) is 0 Å². The highest BCUT2D eigenvalue weighted by atomic mass is 35.5. The molecule has 28 heavy (non-hydrogen) atoms. The number of nitrogens with one attached hydrogen (secondary N) is 1. The number of hydrogen-bond acceptors (Lipinski definition) is 3. The van der Waals surface area contributed by atoms with Crippen molar-refractivity contribution in [3.8, 4) is 0 Å². The molecule has 0 aromatic heterocycles. The van der Waals surface area contributed by atoms with Gasteiger partial charge in [-0.05, 0) is 55.3 Å². The summed E-state index contributed by atoms with van der Waals surface area (Å²) in [6.07, 6.45) is 0.739. The average Bonchev–Trinajstić information content (AvgIpc) is 2.64. The van der Waals surface area contributed by atoms with E-state index in [1.807, 2.05) is 13.8 Å². The van der Waals surface area contributed by atoms with Gasteiger partial charge in [0.15, 0.2) is 0 Å². The fourth-order valence-corrected chi connectivity index (χ4v) is 4.24. The van der Waals surface area contributed by atoms with E-state index in [4.69, 9.17) is 34.8 Å². The zero-order valence-electron chi connectivity index (χ0n) is 15.5. The molecule has 0 spiro atoms. The summed E-state index contributed by atoms with van der Waals surface area (Å²) in [5.41, 5.74) is 0.614. The van der Waals surface area contributed by atoms with Crippen LogP contribution < -0.4 is 5.32 Å². The van der Waals surface area contributed by atoms with Crippen LogP contribution in [0.3, 0.4) is 0 Å². The zero-order chi connectivity index (χ0) is 20.9. The van der Waals surface area contributed by atoms with Gasteiger partial charge in [-0.25, -0.2) is 8.42 Å². The van der Waals surface area contributed by atoms with E-state index >= 15 is 0 Å². The molecule has 0 aliphatic rings. The molecule has 5 nitrogen and oxygen atoms in total. The molecule has 0 heterocycles. The summed E-state index contributed by atoms with van der Waals surface area (Å²) in [5.74, 6) is -0.382. The second kappa shape index (κ2) is 9.94. The number of carbonyl (C=O) groups excluding carboxylic acids is 1. The third-order valence-corrected chi connectivity index (χ3v) is 6.93. The van der Waals surface area contributed by atoms with Gasteiger partial charge >= 0.3 is 0 Å². The van der Waals surface area contributed by atoms with E-state index in [9.17, 15) is 13.2 Å². The molecule has 0 fully saturated rings. The Hall–Kier alpha value is -1.31. The Morgan fingerprint density at radius 2 is 1.71 bits per heavy atom. The van der Waals surface area contributed by atoms with Gasteiger partial charge in [0.2, 0.25) is 15.9 Å². The minimum Gasteiger partial charge on any atom is -0.353 e. The van der Waals surface area contributed by atoms with Crippen molar-refractivity contribution in [1.82, 2.24) is 9.62 Å². The number of benzene rings is 2. The van der Waals surface area contributed by atoms with Crippen molar-refractivity contribution in [2.45, 2.75) is 37.8 Å². The first-order valence-electron chi connectivity index (χ1n) is 8.62. The van der Waals surface area contributed by atoms with Gasteiger partial charge in [-0.3, -0.25) is 4.79 Å². The molecular weight excluding hydrogens is 443 g/mol. The highest BCUT2D eigenvalue weighted by molar-refractivity contribution is 7.89. The monoisotopic (exact) mass is 462 g/mol. The Morgan fingerprint density at radius 1 is 1.07 bits per heavy atom. The number of halogens is 3. The molecular formula is C19H21Cl3N2O3S. The first-order chi connectivity index (χ1) is 13.1. The summed E-state index contributed by atoms with van der Waals surface area (Å²) in [6, 6.07) is 10.6. The summed E-state index contributed by atoms with van der Waals surface area (Å²) >= 11 is 17.8. The lowest BCUT2D eigenvalue weighted by Crippen LogP contribution is -2.43. The highest BCUT2D eigenvalue weighted by Crippen LogP contribution is 2.25. The van der Waals surface area contributed by atoms with E-state index in [2.05, 4.69) is 5.32 Å². The molecule has 2 aromatic carbocycles. The molecule has 0 radical (unpaired) electrons. The quantitative estimate of drug-likeness (QED) is 0.614. The van der Waals surface area contributed by atoms with Crippen LogP contribution in [-0.4, -0.2) is 31.2 Å². The molecule has 0 unspecified atom stereocenters. The maximum absolute atomic E-state index is 13.1. The smallest absolute Gasteiger partial charge is 0.243 e. The molecule has 0 bridgehead atoms. The third kappa shape index (κ3) is 6.09. The van der Waals surface area contributed by atoms with E-state index in [1.165, 1.54) is 24.3 Å². The van der Waals surface area contributed by atoms with Crippen LogP contribution in [-0.2, 0) is 21.4 Å². The maximum atomic E-state index is 13.1. The van der Waals surface area contributed by atoms with Gasteiger partial charge in [0.1, 0.15) is 0 Å². The molecule has 9 heteroatoms. The highest BCUT2D eigenvalue weighted by Gasteiger charge is 2.27. The van der Waals surface area contributed by atoms with Crippen LogP contribution in [0.1, 0.15) is 25.8 Å². The maximum Gasteiger partial charge on any atom is 0.243 e. The summed E-state index contributed by atoms with van der Waals surface area (Å²) < 4.78 is 27.4. The van der Waals surface area contributed by atoms with E-state index in [1.54, 1.807) is 18.2 Å². The fraction of sp³-hybridized carbons (Fsp3) is 0.316. The number of sulfonamides is 1. The molecule has 0 aliphatic heterocycles. The van der Waals surface area contributed by atoms with Crippen LogP contribution in [0.5, 0.6) is 0 Å². The number of nitrogens with zero attached hydrogens (tertiary/aromatic N) is 1. The third-order valence-electron chi connectivity index (χ3n) is 4.13. The van der Waals surface area contributed by atoms with E-state index < -0.39 is 10.0 Å². The van der Waals surface area contributed by atoms with Crippen molar-refractivity contribution >= 4 is 50.7 Å². The van der Waals surface area contributed by atoms with Gasteiger partial charge in [0, 0.05) is 17.6 Å². The van der Waals surface area contributed by atoms with Gasteiger partial charge in [-0.2, -0.15) is 4.31 Å². The molecule has 0 saturated carbocycles. The van der Waals surface area contributed by atoms with E-state index in [0.29, 0.717) is 20.6 Å². The summed E-state index contributed by atoms with van der Waals surface area (Å²) in [5, 5.41) is 3.89. The molecule has 0 saturated heterocycles. The van der Waals surface area contributed by atoms with Crippen molar-refractivity contribution < 1.29 is 13.2 Å². The van der Waals surface area contributed by atoms with E-state index in [0.717, 1.165) is 10.7 Å². The first kappa shape index (κ1) is 23.0. The van der Waals surface area contributed by atoms with E-state index in [-0.39, 0.29) is 29.9 Å². The van der Waals surface area contributed by atoms with Crippen molar-refractivity contribution in [2.24, 2.45) is 0 Å². The SMILES string of the molecule is CC[C@H](C)NC(=O)CN(Cc1ccc(Cl)c(Cl)c1)S(=O)(=O)c1ccc(Cl)cc1. The summed E-state index contributed by atoms with van der Waals surface area (Å²) in [6.45, 7) is 3.43. The second-order valence-corrected chi connectivity index (χ2v) is 9.54. The molecule has 1 atom stereocenters. The largest absolute Gasteiger partial charge is 0.353 e. The number of rotatable bonds is 8. The lowest BCUT2D eigenvalue weighted by Gasteiger charge is -2.23. The van der Waals surface area contributed by atoms with Crippen LogP contribution in [0.15, 0.2) is 47.4 Å². The van der Waals surface area contributed by atoms with Gasteiger partial charge in [0.05, 0.1) is 21.5 Å². The zero-order valence-corrected chi connectivity index (χ0v) is 18.5. The Kier molecular flexibility index (Phi) is 8.16. The second-order valence-electron chi connectivity index (χ2n) is 6.35. The normalized spacial score (nSPS) is 12.8. The minimum absolute atomic E-state index is 0.0320. The van der Waals surface area contributed by atoms with Crippen molar-refractivity contribution in [2.75, 3.05) is 6.54 Å². The number of hydrogen-bond donors (Lipinski definition) is 1. The lowest BCUT2D eigenvalue weighted by molar-refractivity contribution is -0.122. The predicted molar refractivity (Wildman–Crippen MR) is 113 cm³/mol. The van der Waals surface area contributed by atoms with Gasteiger partial charge < -0.3 is 5.32 Å².